The number of aliphatic hydroxyl groups excluding tert-OH is 2. The molecular weight excluding hydrogens is 248 g/mol. The van der Waals surface area contributed by atoms with Gasteiger partial charge in [-0.2, -0.15) is 0 Å². The topological polar surface area (TPSA) is 83.8 Å². The van der Waals surface area contributed by atoms with Crippen LogP contribution in [0.2, 0.25) is 0 Å². The highest BCUT2D eigenvalue weighted by molar-refractivity contribution is 5.94. The van der Waals surface area contributed by atoms with Crippen LogP contribution in [0.1, 0.15) is 41.4 Å². The number of aliphatic hydroxyl groups is 2. The monoisotopic (exact) mass is 266 g/mol. The molecule has 0 saturated heterocycles. The molecule has 1 aromatic rings. The van der Waals surface area contributed by atoms with Crippen molar-refractivity contribution in [3.05, 3.63) is 34.9 Å². The van der Waals surface area contributed by atoms with Crippen LogP contribution in [0.3, 0.4) is 0 Å². The second-order valence-electron chi connectivity index (χ2n) is 4.27. The van der Waals surface area contributed by atoms with Gasteiger partial charge in [-0.3, -0.25) is 4.79 Å². The predicted molar refractivity (Wildman–Crippen MR) is 68.8 cm³/mol. The highest BCUT2D eigenvalue weighted by Gasteiger charge is 2.28. The fraction of sp³-hybridized carbons (Fsp3) is 0.429. The van der Waals surface area contributed by atoms with Crippen LogP contribution in [0.5, 0.6) is 0 Å². The fourth-order valence-corrected chi connectivity index (χ4v) is 1.70. The molecule has 0 radical (unpaired) electrons. The van der Waals surface area contributed by atoms with E-state index in [1.165, 1.54) is 13.0 Å². The number of rotatable bonds is 5. The van der Waals surface area contributed by atoms with Crippen molar-refractivity contribution in [2.75, 3.05) is 6.61 Å². The molecule has 104 valence electrons. The number of aryl methyl sites for hydroxylation is 1. The van der Waals surface area contributed by atoms with E-state index < -0.39 is 18.2 Å². The molecule has 0 aliphatic carbocycles. The molecule has 1 rings (SSSR count). The summed E-state index contributed by atoms with van der Waals surface area (Å²) >= 11 is 0. The Bertz CT molecular complexity index is 481. The first-order valence-electron chi connectivity index (χ1n) is 6.02. The summed E-state index contributed by atoms with van der Waals surface area (Å²) in [6.45, 7) is 4.86. The predicted octanol–water partition coefficient (Wildman–Crippen LogP) is 1.16. The average Bonchev–Trinajstić information content (AvgIpc) is 2.37. The number of ether oxygens (including phenoxy) is 1. The molecule has 0 aromatic heterocycles. The second-order valence-corrected chi connectivity index (χ2v) is 4.27. The number of Topliss-reactive ketones (excluding diaryl/α,β-unsaturated/α-hetero) is 1. The van der Waals surface area contributed by atoms with E-state index in [9.17, 15) is 19.8 Å². The van der Waals surface area contributed by atoms with Gasteiger partial charge in [0.15, 0.2) is 11.9 Å². The Morgan fingerprint density at radius 3 is 2.47 bits per heavy atom. The van der Waals surface area contributed by atoms with Crippen molar-refractivity contribution in [2.45, 2.75) is 33.0 Å². The molecule has 0 aliphatic heterocycles. The molecule has 0 saturated carbocycles. The normalized spacial score (nSPS) is 13.7. The summed E-state index contributed by atoms with van der Waals surface area (Å²) in [6.07, 6.45) is -3.08. The lowest BCUT2D eigenvalue weighted by Crippen LogP contribution is -2.30. The molecular formula is C14H18O5. The average molecular weight is 266 g/mol. The van der Waals surface area contributed by atoms with Gasteiger partial charge in [-0.15, -0.1) is 0 Å². The van der Waals surface area contributed by atoms with E-state index in [0.29, 0.717) is 16.7 Å². The van der Waals surface area contributed by atoms with Crippen LogP contribution < -0.4 is 0 Å². The lowest BCUT2D eigenvalue weighted by atomic mass is 9.96. The maximum absolute atomic E-state index is 11.4. The first kappa shape index (κ1) is 15.3. The Balaban J connectivity index is 3.04. The molecule has 0 spiro atoms. The first-order valence-corrected chi connectivity index (χ1v) is 6.02. The lowest BCUT2D eigenvalue weighted by molar-refractivity contribution is -0.159. The zero-order valence-electron chi connectivity index (χ0n) is 11.2. The largest absolute Gasteiger partial charge is 0.464 e. The van der Waals surface area contributed by atoms with E-state index in [1.54, 1.807) is 26.0 Å². The molecule has 1 aromatic carbocycles. The highest BCUT2D eigenvalue weighted by atomic mass is 16.5. The summed E-state index contributed by atoms with van der Waals surface area (Å²) in [4.78, 5) is 22.7. The van der Waals surface area contributed by atoms with Gasteiger partial charge in [0.2, 0.25) is 0 Å². The minimum absolute atomic E-state index is 0.120. The first-order chi connectivity index (χ1) is 8.88. The number of hydrogen-bond acceptors (Lipinski definition) is 5. The van der Waals surface area contributed by atoms with Crippen molar-refractivity contribution < 1.29 is 24.5 Å². The summed E-state index contributed by atoms with van der Waals surface area (Å²) in [6, 6.07) is 4.77. The Kier molecular flexibility index (Phi) is 5.20. The molecule has 0 fully saturated rings. The molecule has 0 bridgehead atoms. The smallest absolute Gasteiger partial charge is 0.338 e. The third-order valence-corrected chi connectivity index (χ3v) is 2.83. The Morgan fingerprint density at radius 2 is 1.95 bits per heavy atom. The van der Waals surface area contributed by atoms with Gasteiger partial charge < -0.3 is 14.9 Å². The number of esters is 1. The molecule has 2 unspecified atom stereocenters. The van der Waals surface area contributed by atoms with Crippen molar-refractivity contribution in [1.29, 1.82) is 0 Å². The van der Waals surface area contributed by atoms with Crippen molar-refractivity contribution in [1.82, 2.24) is 0 Å². The van der Waals surface area contributed by atoms with Crippen LogP contribution in [-0.2, 0) is 9.53 Å². The van der Waals surface area contributed by atoms with E-state index >= 15 is 0 Å². The molecule has 0 heterocycles. The standard InChI is InChI=1S/C14H18O5/c1-4-19-14(18)13(17)12(16)11-7-10(9(3)15)6-5-8(11)2/h5-7,12-13,16-17H,4H2,1-3H3. The van der Waals surface area contributed by atoms with Gasteiger partial charge in [-0.1, -0.05) is 12.1 Å². The third kappa shape index (κ3) is 3.62. The summed E-state index contributed by atoms with van der Waals surface area (Å²) < 4.78 is 4.65. The minimum Gasteiger partial charge on any atom is -0.464 e. The van der Waals surface area contributed by atoms with Crippen LogP contribution in [0, 0.1) is 6.92 Å². The molecule has 5 nitrogen and oxygen atoms in total. The fourth-order valence-electron chi connectivity index (χ4n) is 1.70. The number of benzene rings is 1. The number of ketones is 1. The van der Waals surface area contributed by atoms with Crippen LogP contribution >= 0.6 is 0 Å². The van der Waals surface area contributed by atoms with Crippen LogP contribution in [-0.4, -0.2) is 34.7 Å². The van der Waals surface area contributed by atoms with E-state index in [4.69, 9.17) is 0 Å². The van der Waals surface area contributed by atoms with E-state index in [2.05, 4.69) is 4.74 Å². The SMILES string of the molecule is CCOC(=O)C(O)C(O)c1cc(C(C)=O)ccc1C. The lowest BCUT2D eigenvalue weighted by Gasteiger charge is -2.19. The Labute approximate surface area is 111 Å². The maximum Gasteiger partial charge on any atom is 0.338 e. The molecule has 2 N–H and O–H groups in total. The van der Waals surface area contributed by atoms with E-state index in [-0.39, 0.29) is 12.4 Å². The molecule has 19 heavy (non-hydrogen) atoms. The third-order valence-electron chi connectivity index (χ3n) is 2.83. The van der Waals surface area contributed by atoms with Crippen molar-refractivity contribution in [3.8, 4) is 0 Å². The van der Waals surface area contributed by atoms with Crippen LogP contribution in [0.15, 0.2) is 18.2 Å². The highest BCUT2D eigenvalue weighted by Crippen LogP contribution is 2.23. The zero-order valence-corrected chi connectivity index (χ0v) is 11.2. The summed E-state index contributed by atoms with van der Waals surface area (Å²) in [5.41, 5.74) is 1.44. The molecule has 0 aliphatic rings. The molecule has 0 amide bonds. The Morgan fingerprint density at radius 1 is 1.32 bits per heavy atom. The maximum atomic E-state index is 11.4. The van der Waals surface area contributed by atoms with Crippen LogP contribution in [0.25, 0.3) is 0 Å². The molecule has 2 atom stereocenters. The van der Waals surface area contributed by atoms with Gasteiger partial charge in [0.1, 0.15) is 6.10 Å². The summed E-state index contributed by atoms with van der Waals surface area (Å²) in [7, 11) is 0. The van der Waals surface area contributed by atoms with Crippen molar-refractivity contribution in [2.24, 2.45) is 0 Å². The minimum atomic E-state index is -1.67. The number of hydrogen-bond donors (Lipinski definition) is 2. The zero-order chi connectivity index (χ0) is 14.6. The Hall–Kier alpha value is -1.72. The summed E-state index contributed by atoms with van der Waals surface area (Å²) in [5.74, 6) is -1.04. The van der Waals surface area contributed by atoms with Gasteiger partial charge in [0.25, 0.3) is 0 Å². The summed E-state index contributed by atoms with van der Waals surface area (Å²) in [5, 5.41) is 19.7. The second kappa shape index (κ2) is 6.45. The van der Waals surface area contributed by atoms with Gasteiger partial charge in [0.05, 0.1) is 6.61 Å². The quantitative estimate of drug-likeness (QED) is 0.617. The van der Waals surface area contributed by atoms with Gasteiger partial charge in [0, 0.05) is 5.56 Å². The van der Waals surface area contributed by atoms with Gasteiger partial charge >= 0.3 is 5.97 Å². The van der Waals surface area contributed by atoms with Crippen molar-refractivity contribution in [3.63, 3.8) is 0 Å². The van der Waals surface area contributed by atoms with Gasteiger partial charge in [-0.05, 0) is 38.0 Å². The van der Waals surface area contributed by atoms with Gasteiger partial charge in [-0.25, -0.2) is 4.79 Å². The van der Waals surface area contributed by atoms with Crippen LogP contribution in [0.4, 0.5) is 0 Å². The van der Waals surface area contributed by atoms with E-state index in [0.717, 1.165) is 0 Å². The van der Waals surface area contributed by atoms with E-state index in [1.807, 2.05) is 0 Å². The molecule has 5 heteroatoms. The number of carbonyl (C=O) groups is 2. The van der Waals surface area contributed by atoms with Crippen molar-refractivity contribution >= 4 is 11.8 Å². The number of carbonyl (C=O) groups excluding carboxylic acids is 2.